The van der Waals surface area contributed by atoms with Crippen LogP contribution in [-0.2, 0) is 20.9 Å². The molecule has 3 aromatic rings. The number of fused-ring (bicyclic) bond motifs is 1. The van der Waals surface area contributed by atoms with Gasteiger partial charge in [0.2, 0.25) is 0 Å². The highest BCUT2D eigenvalue weighted by atomic mass is 19.1. The molecule has 1 saturated heterocycles. The molecule has 232 valence electrons. The summed E-state index contributed by atoms with van der Waals surface area (Å²) in [5.41, 5.74) is 2.14. The number of hydrogen-bond donors (Lipinski definition) is 2. The first kappa shape index (κ1) is 33.9. The molecule has 2 N–H and O–H groups in total. The molecule has 1 saturated carbocycles. The van der Waals surface area contributed by atoms with Crippen molar-refractivity contribution in [3.05, 3.63) is 90.2 Å². The number of carbonyl (C=O) groups is 2. The minimum absolute atomic E-state index is 0.210. The van der Waals surface area contributed by atoms with E-state index in [0.717, 1.165) is 48.1 Å². The topological polar surface area (TPSA) is 79.9 Å². The van der Waals surface area contributed by atoms with Crippen molar-refractivity contribution in [2.45, 2.75) is 57.2 Å². The zero-order valence-corrected chi connectivity index (χ0v) is 25.4. The first-order valence-electron chi connectivity index (χ1n) is 15.2. The van der Waals surface area contributed by atoms with Crippen molar-refractivity contribution in [3.63, 3.8) is 0 Å². The Labute approximate surface area is 255 Å². The summed E-state index contributed by atoms with van der Waals surface area (Å²) in [6, 6.07) is 23.9. The molecule has 1 aliphatic heterocycles. The molecule has 3 unspecified atom stereocenters. The second-order valence-corrected chi connectivity index (χ2v) is 10.8. The zero-order chi connectivity index (χ0) is 30.7. The van der Waals surface area contributed by atoms with E-state index < -0.39 is 0 Å². The predicted molar refractivity (Wildman–Crippen MR) is 170 cm³/mol. The zero-order valence-electron chi connectivity index (χ0n) is 25.4. The summed E-state index contributed by atoms with van der Waals surface area (Å²) in [7, 11) is 3.60. The van der Waals surface area contributed by atoms with Gasteiger partial charge in [-0.05, 0) is 99.3 Å². The molecular weight excluding hydrogens is 545 g/mol. The molecule has 1 aliphatic carbocycles. The number of aldehydes is 2. The van der Waals surface area contributed by atoms with Gasteiger partial charge in [0, 0.05) is 18.8 Å². The summed E-state index contributed by atoms with van der Waals surface area (Å²) in [5, 5.41) is 5.87. The second-order valence-electron chi connectivity index (χ2n) is 10.8. The lowest BCUT2D eigenvalue weighted by Gasteiger charge is -2.43. The number of anilines is 1. The number of nitrogens with zero attached hydrogens (tertiary/aromatic N) is 1. The van der Waals surface area contributed by atoms with Gasteiger partial charge in [-0.3, -0.25) is 4.90 Å². The molecule has 2 fully saturated rings. The van der Waals surface area contributed by atoms with Crippen LogP contribution in [0.5, 0.6) is 11.5 Å². The Balaban J connectivity index is 0.000000178. The number of benzene rings is 3. The van der Waals surface area contributed by atoms with Crippen molar-refractivity contribution in [2.75, 3.05) is 39.1 Å². The SMILES string of the molecule is CNC(C=O)COCc1ccccc1.CNc1ccc(Oc2ccc(F)cc2)cc1.O=CCN1CCCC2CCCCC21. The highest BCUT2D eigenvalue weighted by Gasteiger charge is 2.32. The number of rotatable bonds is 11. The van der Waals surface area contributed by atoms with Crippen molar-refractivity contribution in [1.29, 1.82) is 0 Å². The minimum atomic E-state index is -0.266. The van der Waals surface area contributed by atoms with Crippen LogP contribution in [0.15, 0.2) is 78.9 Å². The van der Waals surface area contributed by atoms with Crippen LogP contribution in [-0.4, -0.2) is 63.3 Å². The standard InChI is InChI=1S/C13H12FNO.C11H15NO2.C11H19NO/c1-15-11-4-8-13(9-5-11)16-12-6-2-10(14)3-7-12;1-12-11(7-13)9-14-8-10-5-3-2-4-6-10;13-9-8-12-7-3-5-10-4-1-2-6-11(10)12/h2-9,15H,1H3;2-7,11-12H,8-9H2,1H3;9-11H,1-8H2. The van der Waals surface area contributed by atoms with Gasteiger partial charge in [-0.25, -0.2) is 4.39 Å². The fourth-order valence-corrected chi connectivity index (χ4v) is 5.45. The normalized spacial score (nSPS) is 18.4. The summed E-state index contributed by atoms with van der Waals surface area (Å²) in [5.74, 6) is 1.99. The molecule has 1 heterocycles. The van der Waals surface area contributed by atoms with Gasteiger partial charge in [-0.15, -0.1) is 0 Å². The van der Waals surface area contributed by atoms with Gasteiger partial charge in [-0.1, -0.05) is 43.2 Å². The number of ether oxygens (including phenoxy) is 2. The maximum absolute atomic E-state index is 12.7. The van der Waals surface area contributed by atoms with Gasteiger partial charge in [0.1, 0.15) is 29.9 Å². The molecule has 0 spiro atoms. The number of hydrogen-bond acceptors (Lipinski definition) is 7. The summed E-state index contributed by atoms with van der Waals surface area (Å²) in [4.78, 5) is 23.3. The Morgan fingerprint density at radius 2 is 1.53 bits per heavy atom. The Morgan fingerprint density at radius 1 is 0.884 bits per heavy atom. The summed E-state index contributed by atoms with van der Waals surface area (Å²) >= 11 is 0. The lowest BCUT2D eigenvalue weighted by molar-refractivity contribution is -0.111. The number of likely N-dealkylation sites (tertiary alicyclic amines) is 1. The molecular formula is C35H46FN3O4. The second kappa shape index (κ2) is 19.6. The lowest BCUT2D eigenvalue weighted by Crippen LogP contribution is -2.47. The average molecular weight is 592 g/mol. The van der Waals surface area contributed by atoms with Crippen molar-refractivity contribution in [1.82, 2.24) is 10.2 Å². The average Bonchev–Trinajstić information content (AvgIpc) is 3.06. The van der Waals surface area contributed by atoms with E-state index in [0.29, 0.717) is 25.5 Å². The van der Waals surface area contributed by atoms with Gasteiger partial charge in [0.25, 0.3) is 0 Å². The quantitative estimate of drug-likeness (QED) is 0.247. The van der Waals surface area contributed by atoms with Crippen LogP contribution in [0.2, 0.25) is 0 Å². The van der Waals surface area contributed by atoms with E-state index in [-0.39, 0.29) is 11.9 Å². The predicted octanol–water partition coefficient (Wildman–Crippen LogP) is 6.49. The third-order valence-corrected chi connectivity index (χ3v) is 7.80. The molecule has 3 atom stereocenters. The van der Waals surface area contributed by atoms with Gasteiger partial charge < -0.3 is 29.7 Å². The Hall–Kier alpha value is -3.59. The summed E-state index contributed by atoms with van der Waals surface area (Å²) in [6.45, 7) is 2.78. The van der Waals surface area contributed by atoms with Gasteiger partial charge in [0.15, 0.2) is 0 Å². The maximum Gasteiger partial charge on any atom is 0.139 e. The Morgan fingerprint density at radius 3 is 2.16 bits per heavy atom. The molecule has 0 radical (unpaired) electrons. The van der Waals surface area contributed by atoms with Crippen LogP contribution >= 0.6 is 0 Å². The van der Waals surface area contributed by atoms with Crippen molar-refractivity contribution >= 4 is 18.3 Å². The third-order valence-electron chi connectivity index (χ3n) is 7.80. The Kier molecular flexibility index (Phi) is 15.4. The molecule has 0 aromatic heterocycles. The van der Waals surface area contributed by atoms with E-state index in [1.165, 1.54) is 50.7 Å². The number of likely N-dealkylation sites (N-methyl/N-ethyl adjacent to an activating group) is 1. The molecule has 0 amide bonds. The summed E-state index contributed by atoms with van der Waals surface area (Å²) in [6.07, 6.45) is 10.1. The van der Waals surface area contributed by atoms with E-state index in [1.54, 1.807) is 19.2 Å². The van der Waals surface area contributed by atoms with E-state index in [4.69, 9.17) is 9.47 Å². The van der Waals surface area contributed by atoms with E-state index in [1.807, 2.05) is 61.6 Å². The van der Waals surface area contributed by atoms with E-state index >= 15 is 0 Å². The van der Waals surface area contributed by atoms with Crippen LogP contribution < -0.4 is 15.4 Å². The van der Waals surface area contributed by atoms with E-state index in [9.17, 15) is 14.0 Å². The van der Waals surface area contributed by atoms with Crippen molar-refractivity contribution in [3.8, 4) is 11.5 Å². The molecule has 7 nitrogen and oxygen atoms in total. The van der Waals surface area contributed by atoms with Gasteiger partial charge in [0.05, 0.1) is 25.8 Å². The van der Waals surface area contributed by atoms with Crippen LogP contribution in [0.3, 0.4) is 0 Å². The first-order valence-corrected chi connectivity index (χ1v) is 15.2. The minimum Gasteiger partial charge on any atom is -0.457 e. The number of halogens is 1. The smallest absolute Gasteiger partial charge is 0.139 e. The fraction of sp³-hybridized carbons (Fsp3) is 0.429. The third kappa shape index (κ3) is 12.3. The van der Waals surface area contributed by atoms with E-state index in [2.05, 4.69) is 15.5 Å². The first-order chi connectivity index (χ1) is 21.1. The van der Waals surface area contributed by atoms with Gasteiger partial charge in [-0.2, -0.15) is 0 Å². The fourth-order valence-electron chi connectivity index (χ4n) is 5.45. The van der Waals surface area contributed by atoms with Crippen LogP contribution in [0.4, 0.5) is 10.1 Å². The number of carbonyl (C=O) groups excluding carboxylic acids is 2. The molecule has 5 rings (SSSR count). The molecule has 43 heavy (non-hydrogen) atoms. The van der Waals surface area contributed by atoms with Crippen molar-refractivity contribution in [2.24, 2.45) is 5.92 Å². The van der Waals surface area contributed by atoms with Crippen LogP contribution in [0, 0.1) is 11.7 Å². The van der Waals surface area contributed by atoms with Crippen LogP contribution in [0.1, 0.15) is 44.1 Å². The Bertz CT molecular complexity index is 1180. The largest absolute Gasteiger partial charge is 0.457 e. The maximum atomic E-state index is 12.7. The monoisotopic (exact) mass is 591 g/mol. The number of piperidine rings is 1. The van der Waals surface area contributed by atoms with Gasteiger partial charge >= 0.3 is 0 Å². The summed E-state index contributed by atoms with van der Waals surface area (Å²) < 4.78 is 23.6. The molecule has 0 bridgehead atoms. The highest BCUT2D eigenvalue weighted by Crippen LogP contribution is 2.34. The highest BCUT2D eigenvalue weighted by molar-refractivity contribution is 5.57. The molecule has 2 aliphatic rings. The van der Waals surface area contributed by atoms with Crippen molar-refractivity contribution < 1.29 is 23.5 Å². The van der Waals surface area contributed by atoms with Crippen LogP contribution in [0.25, 0.3) is 0 Å². The molecule has 3 aromatic carbocycles. The lowest BCUT2D eigenvalue weighted by atomic mass is 9.78. The molecule has 8 heteroatoms. The number of nitrogens with one attached hydrogen (secondary N) is 2.